The van der Waals surface area contributed by atoms with Gasteiger partial charge in [0.15, 0.2) is 0 Å². The van der Waals surface area contributed by atoms with Crippen molar-refractivity contribution in [3.63, 3.8) is 0 Å². The van der Waals surface area contributed by atoms with E-state index in [-0.39, 0.29) is 0 Å². The molecule has 0 aliphatic rings. The third-order valence-electron chi connectivity index (χ3n) is 2.28. The van der Waals surface area contributed by atoms with Crippen molar-refractivity contribution in [1.82, 2.24) is 10.2 Å². The predicted molar refractivity (Wildman–Crippen MR) is 61.8 cm³/mol. The Morgan fingerprint density at radius 3 is 2.29 bits per heavy atom. The zero-order valence-corrected chi connectivity index (χ0v) is 9.67. The first kappa shape index (κ1) is 11.5. The van der Waals surface area contributed by atoms with Crippen LogP contribution in [0, 0.1) is 0 Å². The van der Waals surface area contributed by atoms with Crippen molar-refractivity contribution < 1.29 is 0 Å². The number of nitrogens with zero attached hydrogens (tertiary/aromatic N) is 1. The molecule has 2 nitrogen and oxygen atoms in total. The fraction of sp³-hybridized carbons (Fsp3) is 0.455. The number of halogens is 1. The van der Waals surface area contributed by atoms with Crippen LogP contribution in [-0.4, -0.2) is 32.6 Å². The highest BCUT2D eigenvalue weighted by atomic mass is 35.5. The molecule has 1 rings (SSSR count). The van der Waals surface area contributed by atoms with E-state index in [4.69, 9.17) is 11.6 Å². The molecule has 1 N–H and O–H groups in total. The molecule has 3 heteroatoms. The fourth-order valence-corrected chi connectivity index (χ4v) is 1.60. The number of nitrogens with one attached hydrogen (secondary N) is 1. The molecule has 0 bridgehead atoms. The van der Waals surface area contributed by atoms with Crippen molar-refractivity contribution in [2.24, 2.45) is 0 Å². The summed E-state index contributed by atoms with van der Waals surface area (Å²) in [5, 5.41) is 3.98. The van der Waals surface area contributed by atoms with Gasteiger partial charge in [0, 0.05) is 17.6 Å². The van der Waals surface area contributed by atoms with Crippen LogP contribution in [0.1, 0.15) is 11.6 Å². The second-order valence-electron chi connectivity index (χ2n) is 3.59. The summed E-state index contributed by atoms with van der Waals surface area (Å²) in [6, 6.07) is 8.41. The van der Waals surface area contributed by atoms with Crippen LogP contribution in [-0.2, 0) is 0 Å². The summed E-state index contributed by atoms with van der Waals surface area (Å²) >= 11 is 5.84. The Hall–Kier alpha value is -0.570. The molecule has 0 radical (unpaired) electrons. The van der Waals surface area contributed by atoms with Crippen LogP contribution in [0.5, 0.6) is 0 Å². The third-order valence-corrected chi connectivity index (χ3v) is 2.53. The lowest BCUT2D eigenvalue weighted by atomic mass is 10.1. The molecule has 1 atom stereocenters. The molecule has 0 fully saturated rings. The van der Waals surface area contributed by atoms with Gasteiger partial charge in [-0.2, -0.15) is 0 Å². The zero-order chi connectivity index (χ0) is 10.6. The van der Waals surface area contributed by atoms with E-state index in [2.05, 4.69) is 36.4 Å². The zero-order valence-electron chi connectivity index (χ0n) is 8.92. The van der Waals surface area contributed by atoms with Gasteiger partial charge in [0.25, 0.3) is 0 Å². The molecule has 0 aliphatic carbocycles. The number of benzene rings is 1. The molecule has 0 aliphatic heterocycles. The van der Waals surface area contributed by atoms with Crippen LogP contribution in [0.4, 0.5) is 0 Å². The van der Waals surface area contributed by atoms with E-state index in [9.17, 15) is 0 Å². The molecule has 0 amide bonds. The van der Waals surface area contributed by atoms with Crippen LogP contribution in [0.25, 0.3) is 0 Å². The standard InChI is InChI=1S/C11H17ClN2/c1-13-8-11(14(2)3)9-4-6-10(12)7-5-9/h4-7,11,13H,8H2,1-3H3. The highest BCUT2D eigenvalue weighted by Crippen LogP contribution is 2.19. The average molecular weight is 213 g/mol. The molecular formula is C11H17ClN2. The van der Waals surface area contributed by atoms with E-state index in [1.807, 2.05) is 19.2 Å². The summed E-state index contributed by atoms with van der Waals surface area (Å²) < 4.78 is 0. The van der Waals surface area contributed by atoms with E-state index in [1.54, 1.807) is 0 Å². The lowest BCUT2D eigenvalue weighted by molar-refractivity contribution is 0.294. The maximum atomic E-state index is 5.84. The first-order chi connectivity index (χ1) is 6.65. The molecule has 14 heavy (non-hydrogen) atoms. The van der Waals surface area contributed by atoms with Gasteiger partial charge in [-0.1, -0.05) is 23.7 Å². The van der Waals surface area contributed by atoms with E-state index < -0.39 is 0 Å². The molecular weight excluding hydrogens is 196 g/mol. The molecule has 0 aromatic heterocycles. The highest BCUT2D eigenvalue weighted by molar-refractivity contribution is 6.30. The Morgan fingerprint density at radius 1 is 1.29 bits per heavy atom. The minimum Gasteiger partial charge on any atom is -0.318 e. The lowest BCUT2D eigenvalue weighted by Crippen LogP contribution is -2.29. The SMILES string of the molecule is CNCC(c1ccc(Cl)cc1)N(C)C. The number of likely N-dealkylation sites (N-methyl/N-ethyl adjacent to an activating group) is 2. The van der Waals surface area contributed by atoms with Crippen LogP contribution in [0.15, 0.2) is 24.3 Å². The first-order valence-corrected chi connectivity index (χ1v) is 5.09. The fourth-order valence-electron chi connectivity index (χ4n) is 1.48. The molecule has 1 unspecified atom stereocenters. The van der Waals surface area contributed by atoms with Gasteiger partial charge in [-0.3, -0.25) is 0 Å². The first-order valence-electron chi connectivity index (χ1n) is 4.71. The van der Waals surface area contributed by atoms with Crippen molar-refractivity contribution in [3.8, 4) is 0 Å². The Kier molecular flexibility index (Phi) is 4.39. The van der Waals surface area contributed by atoms with Gasteiger partial charge in [-0.05, 0) is 38.8 Å². The average Bonchev–Trinajstić information content (AvgIpc) is 2.15. The largest absolute Gasteiger partial charge is 0.318 e. The van der Waals surface area contributed by atoms with Crippen molar-refractivity contribution in [3.05, 3.63) is 34.9 Å². The smallest absolute Gasteiger partial charge is 0.0466 e. The van der Waals surface area contributed by atoms with E-state index >= 15 is 0 Å². The van der Waals surface area contributed by atoms with Gasteiger partial charge in [0.05, 0.1) is 0 Å². The normalized spacial score (nSPS) is 13.2. The second-order valence-corrected chi connectivity index (χ2v) is 4.03. The van der Waals surface area contributed by atoms with Crippen LogP contribution in [0.3, 0.4) is 0 Å². The van der Waals surface area contributed by atoms with Gasteiger partial charge in [-0.15, -0.1) is 0 Å². The maximum Gasteiger partial charge on any atom is 0.0466 e. The summed E-state index contributed by atoms with van der Waals surface area (Å²) in [7, 11) is 6.12. The van der Waals surface area contributed by atoms with Crippen molar-refractivity contribution in [2.75, 3.05) is 27.7 Å². The number of hydrogen-bond acceptors (Lipinski definition) is 2. The van der Waals surface area contributed by atoms with E-state index in [0.717, 1.165) is 11.6 Å². The van der Waals surface area contributed by atoms with Crippen molar-refractivity contribution in [2.45, 2.75) is 6.04 Å². The minimum absolute atomic E-state index is 0.400. The van der Waals surface area contributed by atoms with E-state index in [0.29, 0.717) is 6.04 Å². The van der Waals surface area contributed by atoms with Gasteiger partial charge >= 0.3 is 0 Å². The van der Waals surface area contributed by atoms with Gasteiger partial charge in [-0.25, -0.2) is 0 Å². The molecule has 0 spiro atoms. The Balaban J connectivity index is 2.82. The summed E-state index contributed by atoms with van der Waals surface area (Å²) in [4.78, 5) is 2.19. The highest BCUT2D eigenvalue weighted by Gasteiger charge is 2.12. The summed E-state index contributed by atoms with van der Waals surface area (Å²) in [5.74, 6) is 0. The lowest BCUT2D eigenvalue weighted by Gasteiger charge is -2.24. The van der Waals surface area contributed by atoms with Gasteiger partial charge in [0.1, 0.15) is 0 Å². The molecule has 0 heterocycles. The van der Waals surface area contributed by atoms with Crippen molar-refractivity contribution in [1.29, 1.82) is 0 Å². The Morgan fingerprint density at radius 2 is 1.86 bits per heavy atom. The quantitative estimate of drug-likeness (QED) is 0.823. The van der Waals surface area contributed by atoms with Gasteiger partial charge < -0.3 is 10.2 Å². The minimum atomic E-state index is 0.400. The molecule has 0 saturated carbocycles. The molecule has 0 saturated heterocycles. The molecule has 1 aromatic carbocycles. The molecule has 78 valence electrons. The van der Waals surface area contributed by atoms with Crippen LogP contribution < -0.4 is 5.32 Å². The molecule has 1 aromatic rings. The van der Waals surface area contributed by atoms with E-state index in [1.165, 1.54) is 5.56 Å². The Bertz CT molecular complexity index is 269. The summed E-state index contributed by atoms with van der Waals surface area (Å²) in [6.45, 7) is 0.939. The predicted octanol–water partition coefficient (Wildman–Crippen LogP) is 2.16. The topological polar surface area (TPSA) is 15.3 Å². The van der Waals surface area contributed by atoms with Gasteiger partial charge in [0.2, 0.25) is 0 Å². The van der Waals surface area contributed by atoms with Crippen LogP contribution >= 0.6 is 11.6 Å². The third kappa shape index (κ3) is 2.98. The summed E-state index contributed by atoms with van der Waals surface area (Å²) in [6.07, 6.45) is 0. The van der Waals surface area contributed by atoms with Crippen molar-refractivity contribution >= 4 is 11.6 Å². The number of rotatable bonds is 4. The summed E-state index contributed by atoms with van der Waals surface area (Å²) in [5.41, 5.74) is 1.29. The second kappa shape index (κ2) is 5.35. The Labute approximate surface area is 90.9 Å². The number of hydrogen-bond donors (Lipinski definition) is 1. The maximum absolute atomic E-state index is 5.84. The van der Waals surface area contributed by atoms with Crippen LogP contribution in [0.2, 0.25) is 5.02 Å². The monoisotopic (exact) mass is 212 g/mol.